The van der Waals surface area contributed by atoms with Crippen molar-refractivity contribution in [2.24, 2.45) is 0 Å². The van der Waals surface area contributed by atoms with E-state index in [9.17, 15) is 4.79 Å². The Bertz CT molecular complexity index is 560. The summed E-state index contributed by atoms with van der Waals surface area (Å²) in [5.41, 5.74) is 1.93. The number of unbranched alkanes of at least 4 members (excludes halogenated alkanes) is 2. The number of aromatic nitrogens is 2. The van der Waals surface area contributed by atoms with Crippen LogP contribution in [0.15, 0.2) is 24.3 Å². The van der Waals surface area contributed by atoms with Gasteiger partial charge in [-0.2, -0.15) is 0 Å². The molecule has 4 heteroatoms. The highest BCUT2D eigenvalue weighted by Crippen LogP contribution is 2.17. The molecule has 0 unspecified atom stereocenters. The van der Waals surface area contributed by atoms with E-state index >= 15 is 0 Å². The van der Waals surface area contributed by atoms with Gasteiger partial charge < -0.3 is 9.30 Å². The lowest BCUT2D eigenvalue weighted by Gasteiger charge is -2.07. The Morgan fingerprint density at radius 1 is 1.26 bits per heavy atom. The highest BCUT2D eigenvalue weighted by Gasteiger charge is 2.13. The minimum Gasteiger partial charge on any atom is -0.385 e. The zero-order valence-electron chi connectivity index (χ0n) is 11.6. The van der Waals surface area contributed by atoms with Crippen LogP contribution in [0.1, 0.15) is 36.8 Å². The number of nitrogens with zero attached hydrogens (tertiary/aromatic N) is 2. The first-order valence-electron chi connectivity index (χ1n) is 6.69. The number of ketones is 1. The molecule has 4 nitrogen and oxygen atoms in total. The summed E-state index contributed by atoms with van der Waals surface area (Å²) in [6.45, 7) is 3.20. The van der Waals surface area contributed by atoms with Crippen LogP contribution in [0.4, 0.5) is 0 Å². The Balaban J connectivity index is 2.15. The Hall–Kier alpha value is -1.68. The summed E-state index contributed by atoms with van der Waals surface area (Å²) in [7, 11) is 1.72. The number of ether oxygens (including phenoxy) is 1. The van der Waals surface area contributed by atoms with Crippen LogP contribution in [0.3, 0.4) is 0 Å². The molecule has 19 heavy (non-hydrogen) atoms. The molecule has 2 aromatic rings. The molecule has 0 saturated carbocycles. The number of rotatable bonds is 7. The number of hydrogen-bond acceptors (Lipinski definition) is 3. The molecule has 2 rings (SSSR count). The molecule has 1 aromatic heterocycles. The molecule has 0 atom stereocenters. The van der Waals surface area contributed by atoms with Crippen molar-refractivity contribution >= 4 is 16.8 Å². The van der Waals surface area contributed by atoms with Gasteiger partial charge in [-0.25, -0.2) is 4.98 Å². The number of methoxy groups -OCH3 is 1. The highest BCUT2D eigenvalue weighted by atomic mass is 16.5. The summed E-state index contributed by atoms with van der Waals surface area (Å²) in [6.07, 6.45) is 3.18. The second kappa shape index (κ2) is 6.48. The van der Waals surface area contributed by atoms with E-state index < -0.39 is 0 Å². The Morgan fingerprint density at radius 3 is 2.79 bits per heavy atom. The number of fused-ring (bicyclic) bond motifs is 1. The average Bonchev–Trinajstić information content (AvgIpc) is 2.78. The maximum Gasteiger partial charge on any atom is 0.195 e. The molecule has 0 aliphatic carbocycles. The van der Waals surface area contributed by atoms with Gasteiger partial charge in [-0.15, -0.1) is 0 Å². The number of benzene rings is 1. The number of para-hydroxylation sites is 2. The van der Waals surface area contributed by atoms with Gasteiger partial charge >= 0.3 is 0 Å². The van der Waals surface area contributed by atoms with Crippen molar-refractivity contribution in [3.63, 3.8) is 0 Å². The first-order chi connectivity index (χ1) is 9.24. The first kappa shape index (κ1) is 13.7. The predicted molar refractivity (Wildman–Crippen MR) is 75.5 cm³/mol. The molecular weight excluding hydrogens is 240 g/mol. The Kier molecular flexibility index (Phi) is 4.68. The SMILES string of the molecule is COCCCCCn1c(C(C)=O)nc2ccccc21. The van der Waals surface area contributed by atoms with Crippen LogP contribution >= 0.6 is 0 Å². The lowest BCUT2D eigenvalue weighted by Crippen LogP contribution is -2.08. The number of carbonyl (C=O) groups excluding carboxylic acids is 1. The van der Waals surface area contributed by atoms with Crippen molar-refractivity contribution in [1.29, 1.82) is 0 Å². The number of hydrogen-bond donors (Lipinski definition) is 0. The predicted octanol–water partition coefficient (Wildman–Crippen LogP) is 3.06. The zero-order chi connectivity index (χ0) is 13.7. The molecule has 0 spiro atoms. The summed E-state index contributed by atoms with van der Waals surface area (Å²) < 4.78 is 7.07. The summed E-state index contributed by atoms with van der Waals surface area (Å²) in [4.78, 5) is 16.1. The van der Waals surface area contributed by atoms with Crippen LogP contribution in [0.2, 0.25) is 0 Å². The number of Topliss-reactive ketones (excluding diaryl/α,β-unsaturated/α-hetero) is 1. The van der Waals surface area contributed by atoms with Gasteiger partial charge in [0, 0.05) is 27.2 Å². The molecular formula is C15H20N2O2. The zero-order valence-corrected chi connectivity index (χ0v) is 11.6. The van der Waals surface area contributed by atoms with Gasteiger partial charge in [-0.05, 0) is 31.4 Å². The van der Waals surface area contributed by atoms with Gasteiger partial charge in [0.15, 0.2) is 11.6 Å². The lowest BCUT2D eigenvalue weighted by molar-refractivity contribution is 0.0999. The summed E-state index contributed by atoms with van der Waals surface area (Å²) in [5, 5.41) is 0. The van der Waals surface area contributed by atoms with Crippen LogP contribution in [0.5, 0.6) is 0 Å². The van der Waals surface area contributed by atoms with E-state index in [0.717, 1.165) is 43.4 Å². The van der Waals surface area contributed by atoms with Gasteiger partial charge in [-0.3, -0.25) is 4.79 Å². The molecule has 0 saturated heterocycles. The van der Waals surface area contributed by atoms with Crippen molar-refractivity contribution < 1.29 is 9.53 Å². The number of imidazole rings is 1. The van der Waals surface area contributed by atoms with Crippen LogP contribution in [0.25, 0.3) is 11.0 Å². The molecule has 1 heterocycles. The monoisotopic (exact) mass is 260 g/mol. The van der Waals surface area contributed by atoms with E-state index in [1.165, 1.54) is 0 Å². The fourth-order valence-corrected chi connectivity index (χ4v) is 2.26. The largest absolute Gasteiger partial charge is 0.385 e. The van der Waals surface area contributed by atoms with Gasteiger partial charge in [-0.1, -0.05) is 12.1 Å². The fraction of sp³-hybridized carbons (Fsp3) is 0.467. The summed E-state index contributed by atoms with van der Waals surface area (Å²) in [6, 6.07) is 7.89. The van der Waals surface area contributed by atoms with Crippen molar-refractivity contribution in [2.75, 3.05) is 13.7 Å². The van der Waals surface area contributed by atoms with Crippen LogP contribution in [0, 0.1) is 0 Å². The Morgan fingerprint density at radius 2 is 2.05 bits per heavy atom. The highest BCUT2D eigenvalue weighted by molar-refractivity contribution is 5.94. The van der Waals surface area contributed by atoms with Crippen LogP contribution < -0.4 is 0 Å². The van der Waals surface area contributed by atoms with Crippen molar-refractivity contribution in [1.82, 2.24) is 9.55 Å². The molecule has 0 aliphatic rings. The molecule has 0 N–H and O–H groups in total. The lowest BCUT2D eigenvalue weighted by atomic mass is 10.2. The summed E-state index contributed by atoms with van der Waals surface area (Å²) in [5.74, 6) is 0.584. The van der Waals surface area contributed by atoms with Gasteiger partial charge in [0.25, 0.3) is 0 Å². The van der Waals surface area contributed by atoms with Crippen LogP contribution in [-0.2, 0) is 11.3 Å². The van der Waals surface area contributed by atoms with E-state index in [4.69, 9.17) is 4.74 Å². The van der Waals surface area contributed by atoms with E-state index in [2.05, 4.69) is 4.98 Å². The van der Waals surface area contributed by atoms with E-state index in [-0.39, 0.29) is 5.78 Å². The maximum atomic E-state index is 11.7. The van der Waals surface area contributed by atoms with Gasteiger partial charge in [0.2, 0.25) is 0 Å². The molecule has 0 bridgehead atoms. The van der Waals surface area contributed by atoms with E-state index in [1.807, 2.05) is 28.8 Å². The standard InChI is InChI=1S/C15H20N2O2/c1-12(18)15-16-13-8-4-5-9-14(13)17(15)10-6-3-7-11-19-2/h4-5,8-9H,3,6-7,10-11H2,1-2H3. The van der Waals surface area contributed by atoms with Crippen molar-refractivity contribution in [3.8, 4) is 0 Å². The molecule has 0 aliphatic heterocycles. The third kappa shape index (κ3) is 3.20. The molecule has 0 radical (unpaired) electrons. The number of carbonyl (C=O) groups is 1. The molecule has 0 amide bonds. The normalized spacial score (nSPS) is 11.1. The quantitative estimate of drug-likeness (QED) is 0.567. The fourth-order valence-electron chi connectivity index (χ4n) is 2.26. The van der Waals surface area contributed by atoms with Crippen LogP contribution in [-0.4, -0.2) is 29.1 Å². The first-order valence-corrected chi connectivity index (χ1v) is 6.69. The minimum atomic E-state index is 0.0214. The van der Waals surface area contributed by atoms with Crippen molar-refractivity contribution in [3.05, 3.63) is 30.1 Å². The minimum absolute atomic E-state index is 0.0214. The molecule has 1 aromatic carbocycles. The third-order valence-electron chi connectivity index (χ3n) is 3.20. The van der Waals surface area contributed by atoms with Crippen molar-refractivity contribution in [2.45, 2.75) is 32.7 Å². The number of aryl methyl sites for hydroxylation is 1. The molecule has 102 valence electrons. The third-order valence-corrected chi connectivity index (χ3v) is 3.20. The second-order valence-corrected chi connectivity index (χ2v) is 4.69. The van der Waals surface area contributed by atoms with Gasteiger partial charge in [0.05, 0.1) is 11.0 Å². The maximum absolute atomic E-state index is 11.7. The second-order valence-electron chi connectivity index (χ2n) is 4.69. The smallest absolute Gasteiger partial charge is 0.195 e. The average molecular weight is 260 g/mol. The van der Waals surface area contributed by atoms with E-state index in [0.29, 0.717) is 5.82 Å². The van der Waals surface area contributed by atoms with E-state index in [1.54, 1.807) is 14.0 Å². The topological polar surface area (TPSA) is 44.1 Å². The Labute approximate surface area is 113 Å². The molecule has 0 fully saturated rings. The summed E-state index contributed by atoms with van der Waals surface area (Å²) >= 11 is 0. The van der Waals surface area contributed by atoms with Gasteiger partial charge in [0.1, 0.15) is 0 Å².